The molecule has 2 rings (SSSR count). The van der Waals surface area contributed by atoms with Crippen molar-refractivity contribution < 1.29 is 5.11 Å². The average Bonchev–Trinajstić information content (AvgIpc) is 2.62. The van der Waals surface area contributed by atoms with Crippen molar-refractivity contribution in [3.8, 4) is 5.75 Å². The fraction of sp³-hybridized carbons (Fsp3) is 0.571. The molecule has 1 aliphatic rings. The van der Waals surface area contributed by atoms with Crippen molar-refractivity contribution in [2.45, 2.75) is 39.4 Å². The van der Waals surface area contributed by atoms with Crippen LogP contribution in [0.25, 0.3) is 0 Å². The Morgan fingerprint density at radius 2 is 2.11 bits per heavy atom. The third-order valence-electron chi connectivity index (χ3n) is 3.16. The monoisotopic (exact) mass is 249 g/mol. The Balaban J connectivity index is 2.12. The lowest BCUT2D eigenvalue weighted by Gasteiger charge is -2.29. The van der Waals surface area contributed by atoms with Gasteiger partial charge in [0, 0.05) is 24.7 Å². The van der Waals surface area contributed by atoms with Crippen molar-refractivity contribution >= 4 is 11.4 Å². The molecule has 1 aromatic carbocycles. The Morgan fingerprint density at radius 3 is 2.72 bits per heavy atom. The van der Waals surface area contributed by atoms with Crippen molar-refractivity contribution in [2.24, 2.45) is 0 Å². The standard InChI is InChI=1S/C14H23N3O/c1-5-17-12-8-10(18)6-7-11(12)16-13(17)9-15-14(2,3)4/h6-8,13,15-16,18H,5,9H2,1-4H3. The maximum atomic E-state index is 9.59. The Hall–Kier alpha value is -1.42. The normalized spacial score (nSPS) is 18.7. The molecule has 0 spiro atoms. The molecule has 1 aromatic rings. The number of anilines is 2. The van der Waals surface area contributed by atoms with Crippen LogP contribution in [-0.2, 0) is 0 Å². The highest BCUT2D eigenvalue weighted by atomic mass is 16.3. The minimum absolute atomic E-state index is 0.109. The Bertz CT molecular complexity index is 426. The Labute approximate surface area is 109 Å². The molecule has 18 heavy (non-hydrogen) atoms. The summed E-state index contributed by atoms with van der Waals surface area (Å²) in [6.45, 7) is 10.4. The predicted molar refractivity (Wildman–Crippen MR) is 76.3 cm³/mol. The number of likely N-dealkylation sites (N-methyl/N-ethyl adjacent to an activating group) is 1. The lowest BCUT2D eigenvalue weighted by atomic mass is 10.1. The number of rotatable bonds is 3. The first kappa shape index (κ1) is 13.0. The van der Waals surface area contributed by atoms with Crippen LogP contribution in [0.1, 0.15) is 27.7 Å². The zero-order valence-corrected chi connectivity index (χ0v) is 11.6. The minimum Gasteiger partial charge on any atom is -0.508 e. The highest BCUT2D eigenvalue weighted by molar-refractivity contribution is 5.77. The zero-order valence-electron chi connectivity index (χ0n) is 11.6. The van der Waals surface area contributed by atoms with E-state index in [4.69, 9.17) is 0 Å². The second-order valence-electron chi connectivity index (χ2n) is 5.78. The van der Waals surface area contributed by atoms with Crippen molar-refractivity contribution in [1.29, 1.82) is 0 Å². The van der Waals surface area contributed by atoms with Gasteiger partial charge in [0.05, 0.1) is 11.4 Å². The molecular weight excluding hydrogens is 226 g/mol. The molecular formula is C14H23N3O. The van der Waals surface area contributed by atoms with Gasteiger partial charge in [-0.2, -0.15) is 0 Å². The molecule has 1 aliphatic heterocycles. The van der Waals surface area contributed by atoms with E-state index in [1.165, 1.54) is 0 Å². The SMILES string of the molecule is CCN1c2cc(O)ccc2NC1CNC(C)(C)C. The first-order chi connectivity index (χ1) is 8.40. The number of phenolic OH excluding ortho intramolecular Hbond substituents is 1. The maximum absolute atomic E-state index is 9.59. The van der Waals surface area contributed by atoms with Gasteiger partial charge in [-0.3, -0.25) is 0 Å². The molecule has 4 nitrogen and oxygen atoms in total. The number of hydrogen-bond donors (Lipinski definition) is 3. The summed E-state index contributed by atoms with van der Waals surface area (Å²) in [6.07, 6.45) is 0.242. The molecule has 0 saturated carbocycles. The van der Waals surface area contributed by atoms with Crippen LogP contribution in [-0.4, -0.2) is 29.9 Å². The summed E-state index contributed by atoms with van der Waals surface area (Å²) in [5.41, 5.74) is 2.28. The van der Waals surface area contributed by atoms with Gasteiger partial charge in [-0.05, 0) is 39.8 Å². The van der Waals surface area contributed by atoms with E-state index in [9.17, 15) is 5.11 Å². The van der Waals surface area contributed by atoms with Gasteiger partial charge in [-0.25, -0.2) is 0 Å². The van der Waals surface area contributed by atoms with E-state index >= 15 is 0 Å². The lowest BCUT2D eigenvalue weighted by Crippen LogP contribution is -2.48. The van der Waals surface area contributed by atoms with Crippen LogP contribution in [0.5, 0.6) is 5.75 Å². The average molecular weight is 249 g/mol. The molecule has 4 heteroatoms. The lowest BCUT2D eigenvalue weighted by molar-refractivity contribution is 0.410. The highest BCUT2D eigenvalue weighted by Gasteiger charge is 2.28. The summed E-state index contributed by atoms with van der Waals surface area (Å²) in [7, 11) is 0. The fourth-order valence-electron chi connectivity index (χ4n) is 2.26. The molecule has 0 aromatic heterocycles. The van der Waals surface area contributed by atoms with Crippen LogP contribution >= 0.6 is 0 Å². The summed E-state index contributed by atoms with van der Waals surface area (Å²) < 4.78 is 0. The van der Waals surface area contributed by atoms with Crippen molar-refractivity contribution in [3.63, 3.8) is 0 Å². The third kappa shape index (κ3) is 2.70. The number of aromatic hydroxyl groups is 1. The van der Waals surface area contributed by atoms with Gasteiger partial charge in [-0.15, -0.1) is 0 Å². The largest absolute Gasteiger partial charge is 0.508 e. The topological polar surface area (TPSA) is 47.5 Å². The molecule has 0 fully saturated rings. The summed E-state index contributed by atoms with van der Waals surface area (Å²) >= 11 is 0. The number of phenols is 1. The summed E-state index contributed by atoms with van der Waals surface area (Å²) in [6, 6.07) is 5.48. The van der Waals surface area contributed by atoms with E-state index in [0.29, 0.717) is 5.75 Å². The molecule has 1 heterocycles. The van der Waals surface area contributed by atoms with Gasteiger partial charge in [0.15, 0.2) is 0 Å². The number of hydrogen-bond acceptors (Lipinski definition) is 4. The van der Waals surface area contributed by atoms with Gasteiger partial charge < -0.3 is 20.6 Å². The molecule has 0 amide bonds. The van der Waals surface area contributed by atoms with E-state index in [-0.39, 0.29) is 11.7 Å². The summed E-state index contributed by atoms with van der Waals surface area (Å²) in [4.78, 5) is 2.27. The molecule has 1 unspecified atom stereocenters. The molecule has 0 saturated heterocycles. The van der Waals surface area contributed by atoms with E-state index in [0.717, 1.165) is 24.5 Å². The van der Waals surface area contributed by atoms with Gasteiger partial charge >= 0.3 is 0 Å². The van der Waals surface area contributed by atoms with Crippen LogP contribution in [0.2, 0.25) is 0 Å². The first-order valence-electron chi connectivity index (χ1n) is 6.52. The minimum atomic E-state index is 0.109. The van der Waals surface area contributed by atoms with Crippen molar-refractivity contribution in [1.82, 2.24) is 5.32 Å². The summed E-state index contributed by atoms with van der Waals surface area (Å²) in [5.74, 6) is 0.318. The smallest absolute Gasteiger partial charge is 0.117 e. The van der Waals surface area contributed by atoms with E-state index in [1.54, 1.807) is 6.07 Å². The van der Waals surface area contributed by atoms with Gasteiger partial charge in [0.25, 0.3) is 0 Å². The number of benzene rings is 1. The molecule has 0 bridgehead atoms. The van der Waals surface area contributed by atoms with E-state index in [1.807, 2.05) is 12.1 Å². The molecule has 3 N–H and O–H groups in total. The molecule has 0 aliphatic carbocycles. The maximum Gasteiger partial charge on any atom is 0.117 e. The fourth-order valence-corrected chi connectivity index (χ4v) is 2.26. The molecule has 100 valence electrons. The van der Waals surface area contributed by atoms with Gasteiger partial charge in [0.1, 0.15) is 11.9 Å². The van der Waals surface area contributed by atoms with Crippen molar-refractivity contribution in [3.05, 3.63) is 18.2 Å². The van der Waals surface area contributed by atoms with Gasteiger partial charge in [-0.1, -0.05) is 0 Å². The van der Waals surface area contributed by atoms with Crippen LogP contribution in [0, 0.1) is 0 Å². The van der Waals surface area contributed by atoms with Crippen molar-refractivity contribution in [2.75, 3.05) is 23.3 Å². The van der Waals surface area contributed by atoms with Crippen LogP contribution in [0.3, 0.4) is 0 Å². The number of nitrogens with zero attached hydrogens (tertiary/aromatic N) is 1. The molecule has 1 atom stereocenters. The Morgan fingerprint density at radius 1 is 1.39 bits per heavy atom. The number of nitrogens with one attached hydrogen (secondary N) is 2. The van der Waals surface area contributed by atoms with Crippen LogP contribution in [0.4, 0.5) is 11.4 Å². The van der Waals surface area contributed by atoms with E-state index < -0.39 is 0 Å². The second-order valence-corrected chi connectivity index (χ2v) is 5.78. The quantitative estimate of drug-likeness (QED) is 0.720. The van der Waals surface area contributed by atoms with Crippen LogP contribution in [0.15, 0.2) is 18.2 Å². The first-order valence-corrected chi connectivity index (χ1v) is 6.52. The zero-order chi connectivity index (χ0) is 13.3. The van der Waals surface area contributed by atoms with Crippen LogP contribution < -0.4 is 15.5 Å². The second kappa shape index (κ2) is 4.69. The highest BCUT2D eigenvalue weighted by Crippen LogP contribution is 2.36. The predicted octanol–water partition coefficient (Wildman–Crippen LogP) is 2.36. The number of fused-ring (bicyclic) bond motifs is 1. The van der Waals surface area contributed by atoms with E-state index in [2.05, 4.69) is 43.2 Å². The summed E-state index contributed by atoms with van der Waals surface area (Å²) in [5, 5.41) is 16.6. The third-order valence-corrected chi connectivity index (χ3v) is 3.16. The Kier molecular flexibility index (Phi) is 3.39. The molecule has 0 radical (unpaired) electrons. The van der Waals surface area contributed by atoms with Gasteiger partial charge in [0.2, 0.25) is 0 Å².